The van der Waals surface area contributed by atoms with E-state index in [-0.39, 0.29) is 11.8 Å². The van der Waals surface area contributed by atoms with Gasteiger partial charge in [-0.25, -0.2) is 0 Å². The van der Waals surface area contributed by atoms with Crippen molar-refractivity contribution in [3.63, 3.8) is 0 Å². The highest BCUT2D eigenvalue weighted by Gasteiger charge is 2.32. The molecule has 0 saturated heterocycles. The van der Waals surface area contributed by atoms with Gasteiger partial charge in [0.15, 0.2) is 0 Å². The molecular weight excluding hydrogens is 282 g/mol. The van der Waals surface area contributed by atoms with E-state index in [1.54, 1.807) is 0 Å². The smallest absolute Gasteiger partial charge is 0.227 e. The molecule has 2 rings (SSSR count). The second kappa shape index (κ2) is 6.83. The molecule has 2 nitrogen and oxygen atoms in total. The Bertz CT molecular complexity index is 467. The molecule has 21 heavy (non-hydrogen) atoms. The molecule has 0 bridgehead atoms. The quantitative estimate of drug-likeness (QED) is 0.762. The predicted molar refractivity (Wildman–Crippen MR) is 89.5 cm³/mol. The second-order valence-corrected chi connectivity index (χ2v) is 7.50. The summed E-state index contributed by atoms with van der Waals surface area (Å²) in [4.78, 5) is 12.3. The number of nitrogens with one attached hydrogen (secondary N) is 1. The van der Waals surface area contributed by atoms with Gasteiger partial charge in [0.25, 0.3) is 0 Å². The van der Waals surface area contributed by atoms with Crippen LogP contribution in [0.2, 0.25) is 0 Å². The number of carbonyl (C=O) groups excluding carboxylic acids is 1. The van der Waals surface area contributed by atoms with Crippen molar-refractivity contribution >= 4 is 23.2 Å². The summed E-state index contributed by atoms with van der Waals surface area (Å²) in [6.45, 7) is 6.91. The van der Waals surface area contributed by atoms with Gasteiger partial charge < -0.3 is 5.32 Å². The Kier molecular flexibility index (Phi) is 5.32. The van der Waals surface area contributed by atoms with Crippen LogP contribution in [0.25, 0.3) is 0 Å². The molecule has 0 radical (unpaired) electrons. The van der Waals surface area contributed by atoms with Gasteiger partial charge in [-0.3, -0.25) is 4.79 Å². The van der Waals surface area contributed by atoms with E-state index in [4.69, 9.17) is 11.6 Å². The second-order valence-electron chi connectivity index (χ2n) is 7.23. The minimum Gasteiger partial charge on any atom is -0.326 e. The van der Waals surface area contributed by atoms with E-state index in [1.165, 1.54) is 0 Å². The number of rotatable bonds is 3. The van der Waals surface area contributed by atoms with Crippen molar-refractivity contribution in [2.75, 3.05) is 5.32 Å². The standard InChI is InChI=1S/C18H26ClNO/c1-18(2,3)15-8-6-14(7-9-15)17(21)20-16-10-4-13(12-19)5-11-16/h4-5,10-11,14-15H,6-9,12H2,1-3H3,(H,20,21). The van der Waals surface area contributed by atoms with E-state index in [0.29, 0.717) is 11.3 Å². The van der Waals surface area contributed by atoms with Gasteiger partial charge in [-0.2, -0.15) is 0 Å². The van der Waals surface area contributed by atoms with Gasteiger partial charge in [0.2, 0.25) is 5.91 Å². The van der Waals surface area contributed by atoms with E-state index < -0.39 is 0 Å². The van der Waals surface area contributed by atoms with Crippen molar-refractivity contribution in [1.29, 1.82) is 0 Å². The van der Waals surface area contributed by atoms with Crippen molar-refractivity contribution in [2.24, 2.45) is 17.3 Å². The van der Waals surface area contributed by atoms with Gasteiger partial charge in [0.05, 0.1) is 0 Å². The summed E-state index contributed by atoms with van der Waals surface area (Å²) >= 11 is 5.77. The zero-order valence-corrected chi connectivity index (χ0v) is 14.0. The lowest BCUT2D eigenvalue weighted by Gasteiger charge is -2.36. The van der Waals surface area contributed by atoms with Gasteiger partial charge in [0, 0.05) is 17.5 Å². The third-order valence-corrected chi connectivity index (χ3v) is 5.01. The summed E-state index contributed by atoms with van der Waals surface area (Å²) in [5.41, 5.74) is 2.30. The first kappa shape index (κ1) is 16.4. The summed E-state index contributed by atoms with van der Waals surface area (Å²) in [5.74, 6) is 1.58. The molecule has 0 aliphatic heterocycles. The summed E-state index contributed by atoms with van der Waals surface area (Å²) < 4.78 is 0. The lowest BCUT2D eigenvalue weighted by molar-refractivity contribution is -0.121. The fourth-order valence-electron chi connectivity index (χ4n) is 3.14. The third-order valence-electron chi connectivity index (χ3n) is 4.70. The Morgan fingerprint density at radius 3 is 2.19 bits per heavy atom. The zero-order chi connectivity index (χ0) is 15.5. The molecule has 0 unspecified atom stereocenters. The Balaban J connectivity index is 1.87. The maximum atomic E-state index is 12.3. The number of hydrogen-bond donors (Lipinski definition) is 1. The van der Waals surface area contributed by atoms with E-state index in [9.17, 15) is 4.79 Å². The normalized spacial score (nSPS) is 22.9. The minimum atomic E-state index is 0.163. The molecular formula is C18H26ClNO. The minimum absolute atomic E-state index is 0.163. The number of alkyl halides is 1. The van der Waals surface area contributed by atoms with Crippen LogP contribution in [0.4, 0.5) is 5.69 Å². The van der Waals surface area contributed by atoms with Gasteiger partial charge in [-0.1, -0.05) is 32.9 Å². The molecule has 1 amide bonds. The Morgan fingerprint density at radius 2 is 1.71 bits per heavy atom. The summed E-state index contributed by atoms with van der Waals surface area (Å²) in [6, 6.07) is 7.77. The molecule has 1 aliphatic carbocycles. The highest BCUT2D eigenvalue weighted by Crippen LogP contribution is 2.40. The number of carbonyl (C=O) groups is 1. The van der Waals surface area contributed by atoms with Crippen molar-refractivity contribution in [2.45, 2.75) is 52.3 Å². The highest BCUT2D eigenvalue weighted by atomic mass is 35.5. The lowest BCUT2D eigenvalue weighted by atomic mass is 9.69. The number of amides is 1. The predicted octanol–water partition coefficient (Wildman–Crippen LogP) is 5.22. The number of benzene rings is 1. The monoisotopic (exact) mass is 307 g/mol. The molecule has 0 atom stereocenters. The summed E-state index contributed by atoms with van der Waals surface area (Å²) in [5, 5.41) is 3.03. The number of hydrogen-bond acceptors (Lipinski definition) is 1. The van der Waals surface area contributed by atoms with Crippen molar-refractivity contribution < 1.29 is 4.79 Å². The summed E-state index contributed by atoms with van der Waals surface area (Å²) in [6.07, 6.45) is 4.33. The first-order valence-corrected chi connectivity index (χ1v) is 8.39. The maximum absolute atomic E-state index is 12.3. The van der Waals surface area contributed by atoms with Crippen molar-refractivity contribution in [3.05, 3.63) is 29.8 Å². The largest absolute Gasteiger partial charge is 0.326 e. The van der Waals surface area contributed by atoms with E-state index in [0.717, 1.165) is 42.9 Å². The molecule has 0 aromatic heterocycles. The number of halogens is 1. The fraction of sp³-hybridized carbons (Fsp3) is 0.611. The van der Waals surface area contributed by atoms with Gasteiger partial charge in [0.1, 0.15) is 0 Å². The molecule has 0 spiro atoms. The summed E-state index contributed by atoms with van der Waals surface area (Å²) in [7, 11) is 0. The van der Waals surface area contributed by atoms with Crippen LogP contribution < -0.4 is 5.32 Å². The molecule has 116 valence electrons. The topological polar surface area (TPSA) is 29.1 Å². The van der Waals surface area contributed by atoms with Crippen LogP contribution in [0.5, 0.6) is 0 Å². The Morgan fingerprint density at radius 1 is 1.14 bits per heavy atom. The van der Waals surface area contributed by atoms with Crippen LogP contribution in [-0.4, -0.2) is 5.91 Å². The third kappa shape index (κ3) is 4.47. The molecule has 1 aromatic rings. The molecule has 1 saturated carbocycles. The molecule has 0 heterocycles. The lowest BCUT2D eigenvalue weighted by Crippen LogP contribution is -2.31. The van der Waals surface area contributed by atoms with Crippen LogP contribution >= 0.6 is 11.6 Å². The van der Waals surface area contributed by atoms with E-state index in [2.05, 4.69) is 26.1 Å². The number of anilines is 1. The zero-order valence-electron chi connectivity index (χ0n) is 13.3. The highest BCUT2D eigenvalue weighted by molar-refractivity contribution is 6.17. The van der Waals surface area contributed by atoms with Crippen molar-refractivity contribution in [3.8, 4) is 0 Å². The van der Waals surface area contributed by atoms with Crippen LogP contribution in [0.1, 0.15) is 52.0 Å². The molecule has 1 N–H and O–H groups in total. The van der Waals surface area contributed by atoms with Gasteiger partial charge in [-0.05, 0) is 54.7 Å². The van der Waals surface area contributed by atoms with Gasteiger partial charge >= 0.3 is 0 Å². The molecule has 3 heteroatoms. The SMILES string of the molecule is CC(C)(C)C1CCC(C(=O)Nc2ccc(CCl)cc2)CC1. The first-order valence-electron chi connectivity index (χ1n) is 7.86. The van der Waals surface area contributed by atoms with Gasteiger partial charge in [-0.15, -0.1) is 11.6 Å². The van der Waals surface area contributed by atoms with Crippen LogP contribution in [-0.2, 0) is 10.7 Å². The van der Waals surface area contributed by atoms with Crippen LogP contribution in [0, 0.1) is 17.3 Å². The maximum Gasteiger partial charge on any atom is 0.227 e. The molecule has 1 aromatic carbocycles. The van der Waals surface area contributed by atoms with E-state index in [1.807, 2.05) is 24.3 Å². The van der Waals surface area contributed by atoms with Crippen LogP contribution in [0.15, 0.2) is 24.3 Å². The Hall–Kier alpha value is -1.02. The molecule has 1 fully saturated rings. The van der Waals surface area contributed by atoms with Crippen LogP contribution in [0.3, 0.4) is 0 Å². The first-order chi connectivity index (χ1) is 9.90. The average Bonchev–Trinajstić information content (AvgIpc) is 2.47. The Labute approximate surface area is 133 Å². The van der Waals surface area contributed by atoms with Crippen molar-refractivity contribution in [1.82, 2.24) is 0 Å². The van der Waals surface area contributed by atoms with E-state index >= 15 is 0 Å². The average molecular weight is 308 g/mol. The molecule has 1 aliphatic rings. The fourth-order valence-corrected chi connectivity index (χ4v) is 3.32.